The van der Waals surface area contributed by atoms with Crippen molar-refractivity contribution in [1.29, 1.82) is 0 Å². The molecule has 1 N–H and O–H groups in total. The second kappa shape index (κ2) is 4.82. The van der Waals surface area contributed by atoms with Crippen LogP contribution in [0.4, 0.5) is 0 Å². The summed E-state index contributed by atoms with van der Waals surface area (Å²) in [6.07, 6.45) is 7.63. The van der Waals surface area contributed by atoms with Crippen LogP contribution < -0.4 is 0 Å². The summed E-state index contributed by atoms with van der Waals surface area (Å²) in [6, 6.07) is 0.820. The van der Waals surface area contributed by atoms with E-state index in [-0.39, 0.29) is 0 Å². The fourth-order valence-electron chi connectivity index (χ4n) is 3.50. The highest BCUT2D eigenvalue weighted by atomic mass is 16.3. The molecule has 1 aliphatic carbocycles. The van der Waals surface area contributed by atoms with E-state index in [1.165, 1.54) is 5.57 Å². The number of hydrogen-bond donors (Lipinski definition) is 1. The van der Waals surface area contributed by atoms with Gasteiger partial charge in [0, 0.05) is 12.6 Å². The van der Waals surface area contributed by atoms with E-state index in [9.17, 15) is 5.11 Å². The third-order valence-electron chi connectivity index (χ3n) is 4.80. The normalized spacial score (nSPS) is 31.3. The van der Waals surface area contributed by atoms with Gasteiger partial charge in [0.05, 0.1) is 11.6 Å². The minimum absolute atomic E-state index is 0.297. The molecule has 0 amide bonds. The second-order valence-electron chi connectivity index (χ2n) is 6.51. The Kier molecular flexibility index (Phi) is 3.70. The molecule has 1 aliphatic heterocycles. The molecule has 3 atom stereocenters. The molecule has 2 aliphatic rings. The van der Waals surface area contributed by atoms with E-state index in [1.54, 1.807) is 0 Å². The van der Waals surface area contributed by atoms with Crippen LogP contribution in [0.2, 0.25) is 0 Å². The van der Waals surface area contributed by atoms with Crippen molar-refractivity contribution in [2.75, 3.05) is 6.54 Å². The van der Waals surface area contributed by atoms with Crippen molar-refractivity contribution in [1.82, 2.24) is 4.90 Å². The zero-order chi connectivity index (χ0) is 13.5. The van der Waals surface area contributed by atoms with Crippen LogP contribution in [0, 0.1) is 11.8 Å². The van der Waals surface area contributed by atoms with Crippen LogP contribution in [0.1, 0.15) is 41.0 Å². The highest BCUT2D eigenvalue weighted by molar-refractivity contribution is 5.27. The van der Waals surface area contributed by atoms with E-state index in [0.717, 1.165) is 13.0 Å². The average Bonchev–Trinajstić information content (AvgIpc) is 2.75. The summed E-state index contributed by atoms with van der Waals surface area (Å²) >= 11 is 0. The minimum atomic E-state index is -0.563. The predicted octanol–water partition coefficient (Wildman–Crippen LogP) is 2.99. The number of nitrogens with zero attached hydrogens (tertiary/aromatic N) is 1. The highest BCUT2D eigenvalue weighted by Gasteiger charge is 2.58. The first-order chi connectivity index (χ1) is 8.39. The summed E-state index contributed by atoms with van der Waals surface area (Å²) in [7, 11) is 0. The summed E-state index contributed by atoms with van der Waals surface area (Å²) in [5, 5.41) is 11.0. The maximum absolute atomic E-state index is 11.0. The van der Waals surface area contributed by atoms with Crippen molar-refractivity contribution in [2.45, 2.75) is 58.7 Å². The molecule has 1 saturated heterocycles. The lowest BCUT2D eigenvalue weighted by Crippen LogP contribution is -2.48. The Labute approximate surface area is 111 Å². The average molecular weight is 249 g/mol. The van der Waals surface area contributed by atoms with Crippen molar-refractivity contribution in [3.63, 3.8) is 0 Å². The van der Waals surface area contributed by atoms with E-state index in [4.69, 9.17) is 0 Å². The highest BCUT2D eigenvalue weighted by Crippen LogP contribution is 2.45. The Morgan fingerprint density at radius 3 is 2.39 bits per heavy atom. The Bertz CT molecular complexity index is 359. The Balaban J connectivity index is 2.05. The lowest BCUT2D eigenvalue weighted by molar-refractivity contribution is -0.0571. The molecule has 2 nitrogen and oxygen atoms in total. The van der Waals surface area contributed by atoms with Gasteiger partial charge in [0.2, 0.25) is 0 Å². The summed E-state index contributed by atoms with van der Waals surface area (Å²) in [5.74, 6) is 0.594. The fraction of sp³-hybridized carbons (Fsp3) is 0.750. The Morgan fingerprint density at radius 1 is 1.33 bits per heavy atom. The summed E-state index contributed by atoms with van der Waals surface area (Å²) in [5.41, 5.74) is 0.908. The molecular weight excluding hydrogens is 222 g/mol. The SMILES string of the molecule is CC(C)C(O)(C(C)C)[C@@H]1[C@H](C)N1CC1=CC=CC1. The maximum atomic E-state index is 11.0. The number of aliphatic hydroxyl groups is 1. The van der Waals surface area contributed by atoms with Gasteiger partial charge < -0.3 is 5.11 Å². The molecule has 0 spiro atoms. The monoisotopic (exact) mass is 249 g/mol. The molecule has 0 aromatic carbocycles. The molecular formula is C16H27NO. The first-order valence-corrected chi connectivity index (χ1v) is 7.21. The van der Waals surface area contributed by atoms with Gasteiger partial charge in [0.1, 0.15) is 0 Å². The van der Waals surface area contributed by atoms with Gasteiger partial charge in [0.15, 0.2) is 0 Å². The summed E-state index contributed by atoms with van der Waals surface area (Å²) < 4.78 is 0. The Morgan fingerprint density at radius 2 is 1.94 bits per heavy atom. The van der Waals surface area contributed by atoms with Crippen molar-refractivity contribution < 1.29 is 5.11 Å². The molecule has 1 heterocycles. The molecule has 2 rings (SSSR count). The van der Waals surface area contributed by atoms with Crippen molar-refractivity contribution >= 4 is 0 Å². The van der Waals surface area contributed by atoms with Gasteiger partial charge in [-0.15, -0.1) is 0 Å². The number of hydrogen-bond acceptors (Lipinski definition) is 2. The minimum Gasteiger partial charge on any atom is -0.388 e. The molecule has 2 heteroatoms. The standard InChI is InChI=1S/C16H27NO/c1-11(2)16(18,12(3)4)15-13(5)17(15)10-14-8-6-7-9-14/h6-8,11-13,15,18H,9-10H2,1-5H3/t13-,15-,17?/m0/s1. The van der Waals surface area contributed by atoms with Gasteiger partial charge in [-0.1, -0.05) is 51.5 Å². The van der Waals surface area contributed by atoms with Crippen LogP contribution >= 0.6 is 0 Å². The van der Waals surface area contributed by atoms with E-state index in [1.807, 2.05) is 0 Å². The lowest BCUT2D eigenvalue weighted by atomic mass is 9.76. The van der Waals surface area contributed by atoms with Crippen molar-refractivity contribution in [2.24, 2.45) is 11.8 Å². The van der Waals surface area contributed by atoms with E-state index < -0.39 is 5.60 Å². The van der Waals surface area contributed by atoms with Crippen molar-refractivity contribution in [3.8, 4) is 0 Å². The molecule has 1 unspecified atom stereocenters. The van der Waals surface area contributed by atoms with Crippen molar-refractivity contribution in [3.05, 3.63) is 23.8 Å². The molecule has 0 aromatic heterocycles. The molecule has 102 valence electrons. The van der Waals surface area contributed by atoms with E-state index >= 15 is 0 Å². The molecule has 0 aromatic rings. The third kappa shape index (κ3) is 2.17. The largest absolute Gasteiger partial charge is 0.388 e. The van der Waals surface area contributed by atoms with Gasteiger partial charge in [0.25, 0.3) is 0 Å². The summed E-state index contributed by atoms with van der Waals surface area (Å²) in [4.78, 5) is 2.44. The van der Waals surface area contributed by atoms with Gasteiger partial charge in [-0.3, -0.25) is 4.90 Å². The molecule has 0 radical (unpaired) electrons. The van der Waals surface area contributed by atoms with Crippen LogP contribution in [-0.2, 0) is 0 Å². The van der Waals surface area contributed by atoms with Crippen LogP contribution in [-0.4, -0.2) is 34.2 Å². The van der Waals surface area contributed by atoms with Crippen LogP contribution in [0.25, 0.3) is 0 Å². The van der Waals surface area contributed by atoms with Gasteiger partial charge in [-0.25, -0.2) is 0 Å². The molecule has 0 bridgehead atoms. The first kappa shape index (κ1) is 13.8. The molecule has 1 fully saturated rings. The topological polar surface area (TPSA) is 23.2 Å². The first-order valence-electron chi connectivity index (χ1n) is 7.21. The summed E-state index contributed by atoms with van der Waals surface area (Å²) in [6.45, 7) is 11.8. The van der Waals surface area contributed by atoms with E-state index in [2.05, 4.69) is 57.7 Å². The third-order valence-corrected chi connectivity index (χ3v) is 4.80. The number of allylic oxidation sites excluding steroid dienone is 3. The zero-order valence-electron chi connectivity index (χ0n) is 12.4. The maximum Gasteiger partial charge on any atom is 0.0862 e. The second-order valence-corrected chi connectivity index (χ2v) is 6.51. The smallest absolute Gasteiger partial charge is 0.0862 e. The zero-order valence-corrected chi connectivity index (χ0v) is 12.4. The molecule has 18 heavy (non-hydrogen) atoms. The lowest BCUT2D eigenvalue weighted by Gasteiger charge is -2.37. The van der Waals surface area contributed by atoms with Crippen LogP contribution in [0.3, 0.4) is 0 Å². The van der Waals surface area contributed by atoms with Crippen LogP contribution in [0.5, 0.6) is 0 Å². The van der Waals surface area contributed by atoms with Gasteiger partial charge in [-0.05, 0) is 25.2 Å². The quantitative estimate of drug-likeness (QED) is 0.757. The fourth-order valence-corrected chi connectivity index (χ4v) is 3.50. The van der Waals surface area contributed by atoms with Gasteiger partial charge >= 0.3 is 0 Å². The van der Waals surface area contributed by atoms with Gasteiger partial charge in [-0.2, -0.15) is 0 Å². The number of rotatable bonds is 5. The van der Waals surface area contributed by atoms with E-state index in [0.29, 0.717) is 23.9 Å². The van der Waals surface area contributed by atoms with Crippen LogP contribution in [0.15, 0.2) is 23.8 Å². The Hall–Kier alpha value is -0.600. The predicted molar refractivity (Wildman–Crippen MR) is 76.4 cm³/mol. The molecule has 0 saturated carbocycles.